The van der Waals surface area contributed by atoms with Crippen LogP contribution in [0.4, 0.5) is 9.57 Å². The predicted molar refractivity (Wildman–Crippen MR) is 107 cm³/mol. The highest BCUT2D eigenvalue weighted by molar-refractivity contribution is 7.86. The standard InChI is InChI=1S/C21H28FNO3S/c1-4-6-7-21(26-23-18-12-8-16(3)9-13-18)20(5-2)17-10-14-19(15-11-17)27(22,24)25/h8-15,20-21,23H,4-7H2,1-3H3. The first-order chi connectivity index (χ1) is 12.8. The van der Waals surface area contributed by atoms with Gasteiger partial charge in [0.2, 0.25) is 0 Å². The topological polar surface area (TPSA) is 55.4 Å². The van der Waals surface area contributed by atoms with Gasteiger partial charge in [0.15, 0.2) is 0 Å². The zero-order valence-electron chi connectivity index (χ0n) is 16.1. The van der Waals surface area contributed by atoms with Crippen LogP contribution >= 0.6 is 0 Å². The smallest absolute Gasteiger partial charge is 0.272 e. The van der Waals surface area contributed by atoms with Gasteiger partial charge < -0.3 is 0 Å². The van der Waals surface area contributed by atoms with Gasteiger partial charge in [0.1, 0.15) is 0 Å². The van der Waals surface area contributed by atoms with Crippen molar-refractivity contribution in [3.05, 3.63) is 59.7 Å². The van der Waals surface area contributed by atoms with Crippen LogP contribution in [0.1, 0.15) is 56.6 Å². The van der Waals surface area contributed by atoms with E-state index in [0.717, 1.165) is 36.9 Å². The first-order valence-corrected chi connectivity index (χ1v) is 10.8. The lowest BCUT2D eigenvalue weighted by atomic mass is 9.88. The molecule has 0 aliphatic carbocycles. The van der Waals surface area contributed by atoms with Gasteiger partial charge in [-0.2, -0.15) is 8.42 Å². The van der Waals surface area contributed by atoms with Crippen LogP contribution in [0.25, 0.3) is 0 Å². The van der Waals surface area contributed by atoms with Crippen LogP contribution in [0.3, 0.4) is 0 Å². The molecule has 0 heterocycles. The van der Waals surface area contributed by atoms with Crippen molar-refractivity contribution in [2.75, 3.05) is 5.48 Å². The molecule has 0 aromatic heterocycles. The summed E-state index contributed by atoms with van der Waals surface area (Å²) >= 11 is 0. The highest BCUT2D eigenvalue weighted by Gasteiger charge is 2.23. The molecule has 148 valence electrons. The zero-order chi connectivity index (χ0) is 19.9. The minimum atomic E-state index is -4.68. The van der Waals surface area contributed by atoms with Gasteiger partial charge >= 0.3 is 10.2 Å². The number of benzene rings is 2. The summed E-state index contributed by atoms with van der Waals surface area (Å²) in [5.41, 5.74) is 6.05. The van der Waals surface area contributed by atoms with Crippen LogP contribution in [-0.2, 0) is 15.1 Å². The number of unbranched alkanes of at least 4 members (excludes halogenated alkanes) is 1. The Kier molecular flexibility index (Phi) is 7.80. The van der Waals surface area contributed by atoms with Crippen LogP contribution in [0.5, 0.6) is 0 Å². The van der Waals surface area contributed by atoms with E-state index in [2.05, 4.69) is 19.3 Å². The number of halogens is 1. The van der Waals surface area contributed by atoms with Crippen LogP contribution in [0.2, 0.25) is 0 Å². The van der Waals surface area contributed by atoms with Gasteiger partial charge in [-0.05, 0) is 49.6 Å². The van der Waals surface area contributed by atoms with Gasteiger partial charge in [-0.15, -0.1) is 3.89 Å². The molecule has 0 spiro atoms. The average molecular weight is 394 g/mol. The van der Waals surface area contributed by atoms with Crippen molar-refractivity contribution in [2.24, 2.45) is 0 Å². The summed E-state index contributed by atoms with van der Waals surface area (Å²) in [5.74, 6) is 0.0749. The van der Waals surface area contributed by atoms with Crippen molar-refractivity contribution in [3.8, 4) is 0 Å². The Morgan fingerprint density at radius 3 is 2.19 bits per heavy atom. The van der Waals surface area contributed by atoms with Gasteiger partial charge in [0.25, 0.3) is 0 Å². The lowest BCUT2D eigenvalue weighted by Gasteiger charge is -2.27. The van der Waals surface area contributed by atoms with Crippen LogP contribution in [0.15, 0.2) is 53.4 Å². The Bertz CT molecular complexity index is 804. The van der Waals surface area contributed by atoms with E-state index in [4.69, 9.17) is 4.84 Å². The summed E-state index contributed by atoms with van der Waals surface area (Å²) in [4.78, 5) is 5.72. The van der Waals surface area contributed by atoms with Gasteiger partial charge in [0.05, 0.1) is 16.7 Å². The second kappa shape index (κ2) is 9.85. The highest BCUT2D eigenvalue weighted by Crippen LogP contribution is 2.30. The molecular weight excluding hydrogens is 365 g/mol. The molecule has 2 aromatic carbocycles. The number of hydrogen-bond donors (Lipinski definition) is 1. The van der Waals surface area contributed by atoms with E-state index < -0.39 is 10.2 Å². The molecule has 1 N–H and O–H groups in total. The van der Waals surface area contributed by atoms with E-state index in [1.807, 2.05) is 31.2 Å². The van der Waals surface area contributed by atoms with Gasteiger partial charge in [-0.1, -0.05) is 56.5 Å². The zero-order valence-corrected chi connectivity index (χ0v) is 16.9. The summed E-state index contributed by atoms with van der Waals surface area (Å²) in [5, 5.41) is 0. The summed E-state index contributed by atoms with van der Waals surface area (Å²) in [6.07, 6.45) is 3.69. The molecule has 4 nitrogen and oxygen atoms in total. The Morgan fingerprint density at radius 1 is 1.04 bits per heavy atom. The number of rotatable bonds is 10. The predicted octanol–water partition coefficient (Wildman–Crippen LogP) is 5.75. The van der Waals surface area contributed by atoms with E-state index in [1.165, 1.54) is 17.7 Å². The van der Waals surface area contributed by atoms with E-state index in [-0.39, 0.29) is 16.9 Å². The first-order valence-electron chi connectivity index (χ1n) is 9.38. The highest BCUT2D eigenvalue weighted by atomic mass is 32.3. The van der Waals surface area contributed by atoms with E-state index in [1.54, 1.807) is 12.1 Å². The molecule has 27 heavy (non-hydrogen) atoms. The van der Waals surface area contributed by atoms with Crippen LogP contribution in [0, 0.1) is 6.92 Å². The van der Waals surface area contributed by atoms with Gasteiger partial charge in [-0.25, -0.2) is 0 Å². The number of nitrogens with one attached hydrogen (secondary N) is 1. The quantitative estimate of drug-likeness (QED) is 0.412. The molecule has 0 fully saturated rings. The monoisotopic (exact) mass is 393 g/mol. The molecule has 0 saturated carbocycles. The van der Waals surface area contributed by atoms with Gasteiger partial charge in [0, 0.05) is 5.92 Å². The fourth-order valence-corrected chi connectivity index (χ4v) is 3.56. The average Bonchev–Trinajstić information content (AvgIpc) is 2.65. The summed E-state index contributed by atoms with van der Waals surface area (Å²) in [6, 6.07) is 13.9. The molecule has 0 aliphatic heterocycles. The number of anilines is 1. The molecule has 0 bridgehead atoms. The third-order valence-electron chi connectivity index (χ3n) is 4.70. The summed E-state index contributed by atoms with van der Waals surface area (Å²) < 4.78 is 35.2. The lowest BCUT2D eigenvalue weighted by Crippen LogP contribution is -2.25. The van der Waals surface area contributed by atoms with E-state index in [9.17, 15) is 12.3 Å². The van der Waals surface area contributed by atoms with Crippen molar-refractivity contribution < 1.29 is 17.1 Å². The molecule has 0 amide bonds. The fraction of sp³-hybridized carbons (Fsp3) is 0.429. The van der Waals surface area contributed by atoms with Crippen molar-refractivity contribution >= 4 is 15.9 Å². The van der Waals surface area contributed by atoms with Gasteiger partial charge in [-0.3, -0.25) is 10.3 Å². The Hall–Kier alpha value is -1.92. The molecule has 2 unspecified atom stereocenters. The van der Waals surface area contributed by atoms with E-state index >= 15 is 0 Å². The largest absolute Gasteiger partial charge is 0.332 e. The SMILES string of the molecule is CCCCC(ONc1ccc(C)cc1)C(CC)c1ccc(S(=O)(=O)F)cc1. The molecule has 6 heteroatoms. The third kappa shape index (κ3) is 6.33. The van der Waals surface area contributed by atoms with E-state index in [0.29, 0.717) is 0 Å². The Balaban J connectivity index is 2.16. The maximum atomic E-state index is 13.1. The maximum absolute atomic E-state index is 13.1. The molecule has 0 radical (unpaired) electrons. The fourth-order valence-electron chi connectivity index (χ4n) is 3.10. The lowest BCUT2D eigenvalue weighted by molar-refractivity contribution is 0.0660. The van der Waals surface area contributed by atoms with Crippen molar-refractivity contribution in [3.63, 3.8) is 0 Å². The molecule has 2 aromatic rings. The number of aryl methyl sites for hydroxylation is 1. The van der Waals surface area contributed by atoms with Crippen LogP contribution < -0.4 is 5.48 Å². The minimum Gasteiger partial charge on any atom is -0.272 e. The normalized spacial score (nSPS) is 13.9. The van der Waals surface area contributed by atoms with Crippen molar-refractivity contribution in [1.29, 1.82) is 0 Å². The summed E-state index contributed by atoms with van der Waals surface area (Å²) in [7, 11) is -4.68. The molecule has 2 rings (SSSR count). The second-order valence-corrected chi connectivity index (χ2v) is 8.14. The maximum Gasteiger partial charge on any atom is 0.332 e. The Morgan fingerprint density at radius 2 is 1.67 bits per heavy atom. The first kappa shape index (κ1) is 21.4. The van der Waals surface area contributed by atoms with Crippen molar-refractivity contribution in [2.45, 2.75) is 63.4 Å². The second-order valence-electron chi connectivity index (χ2n) is 6.79. The third-order valence-corrected chi connectivity index (χ3v) is 5.54. The molecule has 0 saturated heterocycles. The van der Waals surface area contributed by atoms with Crippen molar-refractivity contribution in [1.82, 2.24) is 0 Å². The number of hydrogen-bond acceptors (Lipinski definition) is 4. The Labute approximate surface area is 161 Å². The van der Waals surface area contributed by atoms with Crippen LogP contribution in [-0.4, -0.2) is 14.5 Å². The summed E-state index contributed by atoms with van der Waals surface area (Å²) in [6.45, 7) is 6.23. The molecule has 2 atom stereocenters. The minimum absolute atomic E-state index is 0.0749. The molecular formula is C21H28FNO3S. The molecule has 0 aliphatic rings.